The molecular weight excluding hydrogens is 234 g/mol. The van der Waals surface area contributed by atoms with Gasteiger partial charge in [-0.15, -0.1) is 10.2 Å². The lowest BCUT2D eigenvalue weighted by Gasteiger charge is -2.25. The van der Waals surface area contributed by atoms with Crippen molar-refractivity contribution in [2.45, 2.75) is 20.4 Å². The molecule has 7 nitrogen and oxygen atoms in total. The van der Waals surface area contributed by atoms with E-state index in [1.165, 1.54) is 0 Å². The van der Waals surface area contributed by atoms with E-state index in [1.807, 2.05) is 13.8 Å². The fraction of sp³-hybridized carbons (Fsp3) is 0.455. The molecule has 0 atom stereocenters. The smallest absolute Gasteiger partial charge is 0.291 e. The van der Waals surface area contributed by atoms with Gasteiger partial charge in [0.1, 0.15) is 0 Å². The number of amides is 1. The predicted molar refractivity (Wildman–Crippen MR) is 61.8 cm³/mol. The van der Waals surface area contributed by atoms with Gasteiger partial charge in [-0.05, 0) is 13.8 Å². The summed E-state index contributed by atoms with van der Waals surface area (Å²) in [6.07, 6.45) is 0. The number of hydrogen-bond donors (Lipinski definition) is 0. The molecule has 0 N–H and O–H groups in total. The average molecular weight is 247 g/mol. The molecular formula is C11H13N5O2. The first kappa shape index (κ1) is 10.9. The van der Waals surface area contributed by atoms with E-state index in [0.29, 0.717) is 37.0 Å². The summed E-state index contributed by atoms with van der Waals surface area (Å²) in [5, 5.41) is 11.8. The summed E-state index contributed by atoms with van der Waals surface area (Å²) in [5.41, 5.74) is 0.777. The van der Waals surface area contributed by atoms with Crippen LogP contribution in [0.4, 0.5) is 0 Å². The van der Waals surface area contributed by atoms with Gasteiger partial charge in [0, 0.05) is 25.7 Å². The van der Waals surface area contributed by atoms with Crippen LogP contribution in [0.15, 0.2) is 10.6 Å². The molecule has 2 aromatic rings. The molecule has 1 aliphatic rings. The van der Waals surface area contributed by atoms with E-state index in [0.717, 1.165) is 5.69 Å². The highest BCUT2D eigenvalue weighted by atomic mass is 16.5. The summed E-state index contributed by atoms with van der Waals surface area (Å²) in [6, 6.07) is 1.79. The third kappa shape index (κ3) is 1.51. The summed E-state index contributed by atoms with van der Waals surface area (Å²) < 4.78 is 6.95. The molecule has 2 aromatic heterocycles. The Morgan fingerprint density at radius 2 is 2.11 bits per heavy atom. The number of fused-ring (bicyclic) bond motifs is 1. The van der Waals surface area contributed by atoms with Crippen LogP contribution in [0.3, 0.4) is 0 Å². The Hall–Kier alpha value is -2.18. The number of rotatable bonds is 2. The van der Waals surface area contributed by atoms with Crippen molar-refractivity contribution in [3.63, 3.8) is 0 Å². The summed E-state index contributed by atoms with van der Waals surface area (Å²) in [5.74, 6) is 1.39. The summed E-state index contributed by atoms with van der Waals surface area (Å²) in [4.78, 5) is 13.8. The van der Waals surface area contributed by atoms with Crippen LogP contribution in [-0.2, 0) is 6.54 Å². The van der Waals surface area contributed by atoms with Crippen molar-refractivity contribution in [1.82, 2.24) is 24.8 Å². The van der Waals surface area contributed by atoms with Gasteiger partial charge in [-0.1, -0.05) is 5.16 Å². The zero-order chi connectivity index (χ0) is 12.7. The summed E-state index contributed by atoms with van der Waals surface area (Å²) >= 11 is 0. The van der Waals surface area contributed by atoms with Crippen LogP contribution in [0.1, 0.15) is 23.2 Å². The first-order valence-corrected chi connectivity index (χ1v) is 5.87. The van der Waals surface area contributed by atoms with Gasteiger partial charge in [-0.2, -0.15) is 0 Å². The number of hydrogen-bond acceptors (Lipinski definition) is 5. The van der Waals surface area contributed by atoms with Crippen LogP contribution >= 0.6 is 0 Å². The molecule has 94 valence electrons. The molecule has 3 rings (SSSR count). The normalized spacial score (nSPS) is 15.0. The van der Waals surface area contributed by atoms with E-state index in [9.17, 15) is 4.79 Å². The maximum atomic E-state index is 12.1. The van der Waals surface area contributed by atoms with Gasteiger partial charge >= 0.3 is 0 Å². The average Bonchev–Trinajstić information content (AvgIpc) is 2.96. The van der Waals surface area contributed by atoms with Crippen molar-refractivity contribution >= 4 is 5.91 Å². The topological polar surface area (TPSA) is 77.1 Å². The minimum atomic E-state index is -0.0845. The van der Waals surface area contributed by atoms with E-state index >= 15 is 0 Å². The van der Waals surface area contributed by atoms with Crippen LogP contribution < -0.4 is 0 Å². The van der Waals surface area contributed by atoms with E-state index in [-0.39, 0.29) is 5.91 Å². The first-order chi connectivity index (χ1) is 8.70. The van der Waals surface area contributed by atoms with Crippen LogP contribution in [-0.4, -0.2) is 43.8 Å². The highest BCUT2D eigenvalue weighted by Crippen LogP contribution is 2.22. The molecule has 0 radical (unpaired) electrons. The molecule has 3 heterocycles. The Balaban J connectivity index is 2.04. The van der Waals surface area contributed by atoms with Gasteiger partial charge in [0.15, 0.2) is 0 Å². The van der Waals surface area contributed by atoms with Gasteiger partial charge in [0.25, 0.3) is 5.91 Å². The second-order valence-electron chi connectivity index (χ2n) is 4.22. The molecule has 0 saturated carbocycles. The second kappa shape index (κ2) is 3.94. The molecule has 7 heteroatoms. The predicted octanol–water partition coefficient (Wildman–Crippen LogP) is 0.717. The number of carbonyl (C=O) groups is 1. The van der Waals surface area contributed by atoms with Crippen LogP contribution in [0.5, 0.6) is 0 Å². The number of aromatic nitrogens is 4. The molecule has 1 amide bonds. The Bertz CT molecular complexity index is 600. The molecule has 0 bridgehead atoms. The number of nitrogens with zero attached hydrogens (tertiary/aromatic N) is 5. The molecule has 0 aromatic carbocycles. The van der Waals surface area contributed by atoms with Gasteiger partial charge in [-0.3, -0.25) is 9.36 Å². The maximum Gasteiger partial charge on any atom is 0.291 e. The van der Waals surface area contributed by atoms with E-state index in [1.54, 1.807) is 15.5 Å². The quantitative estimate of drug-likeness (QED) is 0.781. The van der Waals surface area contributed by atoms with Crippen LogP contribution in [0.25, 0.3) is 11.6 Å². The standard InChI is InChI=1S/C11H13N5O2/c1-3-15-4-5-16-9(8-6-7(2)14-18-8)12-13-10(16)11(15)17/h6H,3-5H2,1-2H3. The number of aryl methyl sites for hydroxylation is 1. The fourth-order valence-electron chi connectivity index (χ4n) is 2.09. The second-order valence-corrected chi connectivity index (χ2v) is 4.22. The monoisotopic (exact) mass is 247 g/mol. The van der Waals surface area contributed by atoms with Crippen molar-refractivity contribution < 1.29 is 9.32 Å². The maximum absolute atomic E-state index is 12.1. The third-order valence-electron chi connectivity index (χ3n) is 3.05. The molecule has 0 unspecified atom stereocenters. The minimum Gasteiger partial charge on any atom is -0.353 e. The molecule has 0 spiro atoms. The molecule has 0 saturated heterocycles. The lowest BCUT2D eigenvalue weighted by atomic mass is 10.3. The largest absolute Gasteiger partial charge is 0.353 e. The van der Waals surface area contributed by atoms with E-state index in [2.05, 4.69) is 15.4 Å². The number of carbonyl (C=O) groups excluding carboxylic acids is 1. The van der Waals surface area contributed by atoms with Crippen molar-refractivity contribution in [2.24, 2.45) is 0 Å². The molecule has 1 aliphatic heterocycles. The Morgan fingerprint density at radius 3 is 2.78 bits per heavy atom. The Labute approximate surface area is 103 Å². The molecule has 0 fully saturated rings. The zero-order valence-electron chi connectivity index (χ0n) is 10.3. The lowest BCUT2D eigenvalue weighted by Crippen LogP contribution is -2.40. The van der Waals surface area contributed by atoms with Crippen LogP contribution in [0, 0.1) is 6.92 Å². The Morgan fingerprint density at radius 1 is 1.33 bits per heavy atom. The van der Waals surface area contributed by atoms with Gasteiger partial charge in [0.2, 0.25) is 17.4 Å². The Kier molecular flexibility index (Phi) is 2.39. The lowest BCUT2D eigenvalue weighted by molar-refractivity contribution is 0.0707. The van der Waals surface area contributed by atoms with E-state index < -0.39 is 0 Å². The van der Waals surface area contributed by atoms with Crippen molar-refractivity contribution in [2.75, 3.05) is 13.1 Å². The van der Waals surface area contributed by atoms with Gasteiger partial charge in [-0.25, -0.2) is 0 Å². The highest BCUT2D eigenvalue weighted by Gasteiger charge is 2.29. The van der Waals surface area contributed by atoms with Crippen molar-refractivity contribution in [1.29, 1.82) is 0 Å². The van der Waals surface area contributed by atoms with Crippen molar-refractivity contribution in [3.8, 4) is 11.6 Å². The van der Waals surface area contributed by atoms with Crippen LogP contribution in [0.2, 0.25) is 0 Å². The summed E-state index contributed by atoms with van der Waals surface area (Å²) in [6.45, 7) is 5.81. The SMILES string of the molecule is CCN1CCn2c(nnc2-c2cc(C)no2)C1=O. The summed E-state index contributed by atoms with van der Waals surface area (Å²) in [7, 11) is 0. The minimum absolute atomic E-state index is 0.0845. The first-order valence-electron chi connectivity index (χ1n) is 5.87. The van der Waals surface area contributed by atoms with Gasteiger partial charge < -0.3 is 9.42 Å². The van der Waals surface area contributed by atoms with E-state index in [4.69, 9.17) is 4.52 Å². The number of likely N-dealkylation sites (N-methyl/N-ethyl adjacent to an activating group) is 1. The molecule has 0 aliphatic carbocycles. The fourth-order valence-corrected chi connectivity index (χ4v) is 2.09. The van der Waals surface area contributed by atoms with Gasteiger partial charge in [0.05, 0.1) is 5.69 Å². The molecule has 18 heavy (non-hydrogen) atoms. The van der Waals surface area contributed by atoms with Crippen molar-refractivity contribution in [3.05, 3.63) is 17.6 Å². The third-order valence-corrected chi connectivity index (χ3v) is 3.05. The highest BCUT2D eigenvalue weighted by molar-refractivity contribution is 5.91. The zero-order valence-corrected chi connectivity index (χ0v) is 10.3.